The monoisotopic (exact) mass is 185 g/mol. The van der Waals surface area contributed by atoms with E-state index in [4.69, 9.17) is 5.21 Å². The molecule has 0 aromatic carbocycles. The smallest absolute Gasteiger partial charge is 0.250 e. The van der Waals surface area contributed by atoms with Gasteiger partial charge in [-0.25, -0.2) is 5.48 Å². The van der Waals surface area contributed by atoms with Crippen LogP contribution in [0.4, 0.5) is 0 Å². The molecule has 1 aliphatic carbocycles. The first-order valence-electron chi connectivity index (χ1n) is 4.69. The van der Waals surface area contributed by atoms with Crippen LogP contribution in [-0.2, 0) is 9.59 Å². The first kappa shape index (κ1) is 10.2. The fourth-order valence-corrected chi connectivity index (χ4v) is 1.77. The Balaban J connectivity index is 2.33. The van der Waals surface area contributed by atoms with Crippen molar-refractivity contribution in [2.45, 2.75) is 38.5 Å². The lowest BCUT2D eigenvalue weighted by atomic mass is 9.85. The van der Waals surface area contributed by atoms with Gasteiger partial charge in [0.05, 0.1) is 6.42 Å². The van der Waals surface area contributed by atoms with Crippen LogP contribution in [0.3, 0.4) is 0 Å². The van der Waals surface area contributed by atoms with Gasteiger partial charge in [-0.1, -0.05) is 19.3 Å². The molecule has 0 spiro atoms. The van der Waals surface area contributed by atoms with E-state index in [9.17, 15) is 9.59 Å². The highest BCUT2D eigenvalue weighted by Gasteiger charge is 2.22. The fraction of sp³-hybridized carbons (Fsp3) is 0.778. The van der Waals surface area contributed by atoms with Crippen LogP contribution in [0.25, 0.3) is 0 Å². The number of hydrogen-bond acceptors (Lipinski definition) is 3. The van der Waals surface area contributed by atoms with Crippen molar-refractivity contribution in [1.29, 1.82) is 0 Å². The van der Waals surface area contributed by atoms with Crippen LogP contribution in [-0.4, -0.2) is 16.9 Å². The van der Waals surface area contributed by atoms with Crippen LogP contribution in [0.2, 0.25) is 0 Å². The highest BCUT2D eigenvalue weighted by Crippen LogP contribution is 2.25. The Kier molecular flexibility index (Phi) is 3.89. The van der Waals surface area contributed by atoms with E-state index in [1.54, 1.807) is 0 Å². The molecule has 74 valence electrons. The van der Waals surface area contributed by atoms with Crippen molar-refractivity contribution in [1.82, 2.24) is 5.48 Å². The maximum absolute atomic E-state index is 11.4. The Hall–Kier alpha value is -0.900. The van der Waals surface area contributed by atoms with Gasteiger partial charge in [-0.3, -0.25) is 14.8 Å². The minimum Gasteiger partial charge on any atom is -0.299 e. The molecule has 0 aromatic rings. The summed E-state index contributed by atoms with van der Waals surface area (Å²) in [6.45, 7) is 0. The Morgan fingerprint density at radius 3 is 2.38 bits per heavy atom. The lowest BCUT2D eigenvalue weighted by Crippen LogP contribution is -2.26. The number of amides is 1. The SMILES string of the molecule is O=C(CC(=O)C1CCCCC1)NO. The molecule has 2 N–H and O–H groups in total. The second kappa shape index (κ2) is 4.97. The first-order valence-corrected chi connectivity index (χ1v) is 4.69. The summed E-state index contributed by atoms with van der Waals surface area (Å²) in [7, 11) is 0. The average Bonchev–Trinajstić information content (AvgIpc) is 2.19. The normalized spacial score (nSPS) is 18.2. The Labute approximate surface area is 77.3 Å². The summed E-state index contributed by atoms with van der Waals surface area (Å²) < 4.78 is 0. The summed E-state index contributed by atoms with van der Waals surface area (Å²) >= 11 is 0. The third kappa shape index (κ3) is 3.14. The van der Waals surface area contributed by atoms with Gasteiger partial charge in [0.2, 0.25) is 0 Å². The largest absolute Gasteiger partial charge is 0.299 e. The zero-order chi connectivity index (χ0) is 9.68. The Morgan fingerprint density at radius 1 is 1.23 bits per heavy atom. The van der Waals surface area contributed by atoms with E-state index in [-0.39, 0.29) is 18.1 Å². The van der Waals surface area contributed by atoms with Gasteiger partial charge >= 0.3 is 0 Å². The molecule has 4 heteroatoms. The van der Waals surface area contributed by atoms with Crippen LogP contribution in [0.1, 0.15) is 38.5 Å². The van der Waals surface area contributed by atoms with Gasteiger partial charge in [-0.05, 0) is 12.8 Å². The molecule has 0 aliphatic heterocycles. The van der Waals surface area contributed by atoms with E-state index in [0.29, 0.717) is 0 Å². The van der Waals surface area contributed by atoms with Crippen molar-refractivity contribution in [3.8, 4) is 0 Å². The van der Waals surface area contributed by atoms with Gasteiger partial charge in [0, 0.05) is 5.92 Å². The van der Waals surface area contributed by atoms with E-state index in [1.807, 2.05) is 0 Å². The topological polar surface area (TPSA) is 66.4 Å². The van der Waals surface area contributed by atoms with Gasteiger partial charge < -0.3 is 0 Å². The lowest BCUT2D eigenvalue weighted by molar-refractivity contribution is -0.135. The van der Waals surface area contributed by atoms with Crippen molar-refractivity contribution in [2.75, 3.05) is 0 Å². The third-order valence-electron chi connectivity index (χ3n) is 2.52. The van der Waals surface area contributed by atoms with Gasteiger partial charge in [-0.2, -0.15) is 0 Å². The molecule has 1 rings (SSSR count). The summed E-state index contributed by atoms with van der Waals surface area (Å²) in [5.74, 6) is -0.590. The van der Waals surface area contributed by atoms with Crippen LogP contribution in [0.15, 0.2) is 0 Å². The first-order chi connectivity index (χ1) is 6.24. The van der Waals surface area contributed by atoms with E-state index < -0.39 is 5.91 Å². The molecule has 0 heterocycles. The fourth-order valence-electron chi connectivity index (χ4n) is 1.77. The third-order valence-corrected chi connectivity index (χ3v) is 2.52. The molecule has 0 saturated heterocycles. The van der Waals surface area contributed by atoms with E-state index in [1.165, 1.54) is 11.9 Å². The van der Waals surface area contributed by atoms with Crippen molar-refractivity contribution < 1.29 is 14.8 Å². The number of ketones is 1. The molecule has 1 amide bonds. The molecule has 1 aliphatic rings. The van der Waals surface area contributed by atoms with E-state index in [2.05, 4.69) is 0 Å². The minimum atomic E-state index is -0.601. The molecule has 4 nitrogen and oxygen atoms in total. The molecule has 1 saturated carbocycles. The molecule has 13 heavy (non-hydrogen) atoms. The lowest BCUT2D eigenvalue weighted by Gasteiger charge is -2.19. The maximum Gasteiger partial charge on any atom is 0.250 e. The second-order valence-corrected chi connectivity index (χ2v) is 3.51. The number of hydrogen-bond donors (Lipinski definition) is 2. The summed E-state index contributed by atoms with van der Waals surface area (Å²) in [4.78, 5) is 22.1. The van der Waals surface area contributed by atoms with Gasteiger partial charge in [0.15, 0.2) is 0 Å². The quantitative estimate of drug-likeness (QED) is 0.392. The molecule has 0 unspecified atom stereocenters. The zero-order valence-corrected chi connectivity index (χ0v) is 7.58. The minimum absolute atomic E-state index is 0.0359. The van der Waals surface area contributed by atoms with E-state index in [0.717, 1.165) is 25.7 Å². The molecule has 0 aromatic heterocycles. The van der Waals surface area contributed by atoms with Gasteiger partial charge in [0.25, 0.3) is 5.91 Å². The standard InChI is InChI=1S/C9H15NO3/c11-8(6-9(12)10-13)7-4-2-1-3-5-7/h7,13H,1-6H2,(H,10,12). The molecule has 0 radical (unpaired) electrons. The number of hydroxylamine groups is 1. The van der Waals surface area contributed by atoms with Crippen molar-refractivity contribution in [2.24, 2.45) is 5.92 Å². The molecular formula is C9H15NO3. The molecule has 0 bridgehead atoms. The summed E-state index contributed by atoms with van der Waals surface area (Å²) in [5.41, 5.74) is 1.48. The zero-order valence-electron chi connectivity index (χ0n) is 7.58. The predicted octanol–water partition coefficient (Wildman–Crippen LogP) is 1.03. The van der Waals surface area contributed by atoms with Crippen molar-refractivity contribution in [3.05, 3.63) is 0 Å². The molecule has 1 fully saturated rings. The van der Waals surface area contributed by atoms with Crippen LogP contribution >= 0.6 is 0 Å². The van der Waals surface area contributed by atoms with E-state index >= 15 is 0 Å². The van der Waals surface area contributed by atoms with Gasteiger partial charge in [0.1, 0.15) is 5.78 Å². The molecule has 0 atom stereocenters. The average molecular weight is 185 g/mol. The number of Topliss-reactive ketones (excluding diaryl/α,β-unsaturated/α-hetero) is 1. The predicted molar refractivity (Wildman–Crippen MR) is 46.1 cm³/mol. The molecular weight excluding hydrogens is 170 g/mol. The second-order valence-electron chi connectivity index (χ2n) is 3.51. The number of carbonyl (C=O) groups excluding carboxylic acids is 2. The summed E-state index contributed by atoms with van der Waals surface area (Å²) in [5, 5.41) is 8.23. The maximum atomic E-state index is 11.4. The van der Waals surface area contributed by atoms with Crippen molar-refractivity contribution in [3.63, 3.8) is 0 Å². The Bertz CT molecular complexity index is 197. The summed E-state index contributed by atoms with van der Waals surface area (Å²) in [6, 6.07) is 0. The summed E-state index contributed by atoms with van der Waals surface area (Å²) in [6.07, 6.45) is 4.97. The van der Waals surface area contributed by atoms with Gasteiger partial charge in [-0.15, -0.1) is 0 Å². The Morgan fingerprint density at radius 2 is 1.85 bits per heavy atom. The number of carbonyl (C=O) groups is 2. The van der Waals surface area contributed by atoms with Crippen LogP contribution in [0, 0.1) is 5.92 Å². The highest BCUT2D eigenvalue weighted by molar-refractivity contribution is 5.98. The van der Waals surface area contributed by atoms with Crippen molar-refractivity contribution >= 4 is 11.7 Å². The highest BCUT2D eigenvalue weighted by atomic mass is 16.5. The van der Waals surface area contributed by atoms with Crippen LogP contribution in [0.5, 0.6) is 0 Å². The van der Waals surface area contributed by atoms with Crippen LogP contribution < -0.4 is 5.48 Å². The number of rotatable bonds is 3. The number of nitrogens with one attached hydrogen (secondary N) is 1.